The van der Waals surface area contributed by atoms with E-state index in [1.807, 2.05) is 25.1 Å². The Morgan fingerprint density at radius 3 is 2.56 bits per heavy atom. The molecule has 1 N–H and O–H groups in total. The van der Waals surface area contributed by atoms with E-state index in [0.29, 0.717) is 22.7 Å². The first-order valence-electron chi connectivity index (χ1n) is 8.43. The minimum Gasteiger partial charge on any atom is -0.373 e. The highest BCUT2D eigenvalue weighted by molar-refractivity contribution is 5.94. The first-order chi connectivity index (χ1) is 13.1. The third-order valence-corrected chi connectivity index (χ3v) is 4.42. The van der Waals surface area contributed by atoms with Gasteiger partial charge in [-0.15, -0.1) is 0 Å². The molecule has 4 nitrogen and oxygen atoms in total. The van der Waals surface area contributed by atoms with Gasteiger partial charge in [0.2, 0.25) is 0 Å². The third kappa shape index (κ3) is 3.10. The van der Waals surface area contributed by atoms with E-state index in [4.69, 9.17) is 0 Å². The van der Waals surface area contributed by atoms with Gasteiger partial charge in [0.1, 0.15) is 17.5 Å². The van der Waals surface area contributed by atoms with Crippen molar-refractivity contribution in [3.05, 3.63) is 72.1 Å². The monoisotopic (exact) mass is 362 g/mol. The van der Waals surface area contributed by atoms with Crippen LogP contribution < -0.4 is 5.32 Å². The largest absolute Gasteiger partial charge is 0.373 e. The third-order valence-electron chi connectivity index (χ3n) is 4.42. The predicted molar refractivity (Wildman–Crippen MR) is 102 cm³/mol. The van der Waals surface area contributed by atoms with Crippen LogP contribution in [-0.2, 0) is 0 Å². The lowest BCUT2D eigenvalue weighted by Crippen LogP contribution is -2.00. The summed E-state index contributed by atoms with van der Waals surface area (Å²) < 4.78 is 28.0. The van der Waals surface area contributed by atoms with Gasteiger partial charge in [-0.05, 0) is 60.5 Å². The van der Waals surface area contributed by atoms with E-state index >= 15 is 0 Å². The summed E-state index contributed by atoms with van der Waals surface area (Å²) in [5.74, 6) is 0.206. The van der Waals surface area contributed by atoms with E-state index in [9.17, 15) is 8.78 Å². The van der Waals surface area contributed by atoms with Gasteiger partial charge in [-0.2, -0.15) is 0 Å². The highest BCUT2D eigenvalue weighted by Gasteiger charge is 2.14. The lowest BCUT2D eigenvalue weighted by molar-refractivity contribution is 0.603. The average Bonchev–Trinajstić information content (AvgIpc) is 2.69. The van der Waals surface area contributed by atoms with Crippen molar-refractivity contribution in [1.29, 1.82) is 0 Å². The maximum absolute atomic E-state index is 14.3. The number of aromatic nitrogens is 3. The van der Waals surface area contributed by atoms with Crippen LogP contribution in [0.3, 0.4) is 0 Å². The van der Waals surface area contributed by atoms with E-state index in [0.717, 1.165) is 28.6 Å². The molecule has 0 saturated carbocycles. The van der Waals surface area contributed by atoms with Crippen LogP contribution in [-0.4, -0.2) is 22.0 Å². The van der Waals surface area contributed by atoms with Crippen molar-refractivity contribution >= 4 is 16.7 Å². The summed E-state index contributed by atoms with van der Waals surface area (Å²) in [5.41, 5.74) is 3.02. The van der Waals surface area contributed by atoms with Crippen LogP contribution in [0.25, 0.3) is 33.4 Å². The van der Waals surface area contributed by atoms with Crippen molar-refractivity contribution in [3.8, 4) is 22.5 Å². The van der Waals surface area contributed by atoms with Gasteiger partial charge in [-0.3, -0.25) is 4.98 Å². The maximum atomic E-state index is 14.3. The van der Waals surface area contributed by atoms with Gasteiger partial charge in [0.15, 0.2) is 5.82 Å². The minimum absolute atomic E-state index is 0.210. The van der Waals surface area contributed by atoms with Gasteiger partial charge in [0, 0.05) is 36.0 Å². The zero-order chi connectivity index (χ0) is 19.0. The lowest BCUT2D eigenvalue weighted by Gasteiger charge is -2.13. The molecule has 0 aliphatic rings. The van der Waals surface area contributed by atoms with Gasteiger partial charge in [0.05, 0.1) is 5.52 Å². The zero-order valence-corrected chi connectivity index (χ0v) is 14.8. The number of nitrogens with one attached hydrogen (secondary N) is 1. The number of hydrogen-bond acceptors (Lipinski definition) is 4. The quantitative estimate of drug-likeness (QED) is 0.558. The van der Waals surface area contributed by atoms with Crippen LogP contribution in [0.4, 0.5) is 14.6 Å². The van der Waals surface area contributed by atoms with E-state index in [2.05, 4.69) is 20.3 Å². The second-order valence-electron chi connectivity index (χ2n) is 6.20. The smallest absolute Gasteiger partial charge is 0.163 e. The number of aryl methyl sites for hydroxylation is 1. The fourth-order valence-electron chi connectivity index (χ4n) is 3.09. The number of benzene rings is 2. The van der Waals surface area contributed by atoms with Gasteiger partial charge in [-0.25, -0.2) is 18.7 Å². The fourth-order valence-corrected chi connectivity index (χ4v) is 3.09. The van der Waals surface area contributed by atoms with Crippen LogP contribution in [0.15, 0.2) is 54.9 Å². The Bertz CT molecular complexity index is 1140. The van der Waals surface area contributed by atoms with Crippen LogP contribution >= 0.6 is 0 Å². The average molecular weight is 362 g/mol. The molecule has 2 heterocycles. The summed E-state index contributed by atoms with van der Waals surface area (Å²) in [6, 6.07) is 10.8. The Balaban J connectivity index is 1.98. The van der Waals surface area contributed by atoms with Crippen LogP contribution in [0, 0.1) is 18.6 Å². The molecule has 0 bridgehead atoms. The van der Waals surface area contributed by atoms with E-state index in [1.54, 1.807) is 25.5 Å². The molecule has 0 saturated heterocycles. The van der Waals surface area contributed by atoms with Crippen LogP contribution in [0.1, 0.15) is 5.56 Å². The predicted octanol–water partition coefficient (Wildman–Crippen LogP) is 4.99. The highest BCUT2D eigenvalue weighted by atomic mass is 19.1. The molecular formula is C21H16F2N4. The molecule has 6 heteroatoms. The number of rotatable bonds is 3. The summed E-state index contributed by atoms with van der Waals surface area (Å²) in [4.78, 5) is 13.3. The normalized spacial score (nSPS) is 11.0. The molecule has 0 atom stereocenters. The lowest BCUT2D eigenvalue weighted by atomic mass is 9.97. The van der Waals surface area contributed by atoms with Gasteiger partial charge in [-0.1, -0.05) is 0 Å². The number of nitrogens with zero attached hydrogens (tertiary/aromatic N) is 3. The molecule has 2 aromatic heterocycles. The second kappa shape index (κ2) is 6.72. The summed E-state index contributed by atoms with van der Waals surface area (Å²) in [6.07, 6.45) is 3.36. The topological polar surface area (TPSA) is 50.7 Å². The van der Waals surface area contributed by atoms with E-state index in [1.165, 1.54) is 6.07 Å². The number of pyridine rings is 1. The molecule has 0 fully saturated rings. The summed E-state index contributed by atoms with van der Waals surface area (Å²) >= 11 is 0. The van der Waals surface area contributed by atoms with Crippen molar-refractivity contribution in [2.75, 3.05) is 12.4 Å². The molecule has 0 spiro atoms. The minimum atomic E-state index is -0.486. The molecule has 0 amide bonds. The van der Waals surface area contributed by atoms with E-state index < -0.39 is 11.6 Å². The molecule has 4 aromatic rings. The Kier molecular flexibility index (Phi) is 4.24. The van der Waals surface area contributed by atoms with Gasteiger partial charge in [0.25, 0.3) is 0 Å². The molecule has 0 radical (unpaired) electrons. The SMILES string of the molecule is CNc1nc(-c2cccnc2)nc2cc(-c3cc(F)ccc3F)c(C)cc12. The molecule has 0 aliphatic carbocycles. The van der Waals surface area contributed by atoms with Crippen molar-refractivity contribution in [2.24, 2.45) is 0 Å². The molecule has 0 unspecified atom stereocenters. The second-order valence-corrected chi connectivity index (χ2v) is 6.20. The number of fused-ring (bicyclic) bond motifs is 1. The number of halogens is 2. The Morgan fingerprint density at radius 2 is 1.81 bits per heavy atom. The fraction of sp³-hybridized carbons (Fsp3) is 0.0952. The highest BCUT2D eigenvalue weighted by Crippen LogP contribution is 2.33. The zero-order valence-electron chi connectivity index (χ0n) is 14.8. The van der Waals surface area contributed by atoms with Crippen molar-refractivity contribution < 1.29 is 8.78 Å². The summed E-state index contributed by atoms with van der Waals surface area (Å²) in [5, 5.41) is 3.89. The molecule has 2 aromatic carbocycles. The summed E-state index contributed by atoms with van der Waals surface area (Å²) in [7, 11) is 1.78. The van der Waals surface area contributed by atoms with Crippen LogP contribution in [0.2, 0.25) is 0 Å². The van der Waals surface area contributed by atoms with Crippen molar-refractivity contribution in [1.82, 2.24) is 15.0 Å². The van der Waals surface area contributed by atoms with Gasteiger partial charge >= 0.3 is 0 Å². The molecule has 4 rings (SSSR count). The Morgan fingerprint density at radius 1 is 0.963 bits per heavy atom. The molecule has 134 valence electrons. The number of anilines is 1. The Labute approximate surface area is 154 Å². The van der Waals surface area contributed by atoms with Gasteiger partial charge < -0.3 is 5.32 Å². The molecule has 0 aliphatic heterocycles. The Hall–Kier alpha value is -3.41. The van der Waals surface area contributed by atoms with Crippen LogP contribution in [0.5, 0.6) is 0 Å². The van der Waals surface area contributed by atoms with Crippen molar-refractivity contribution in [3.63, 3.8) is 0 Å². The van der Waals surface area contributed by atoms with E-state index in [-0.39, 0.29) is 5.56 Å². The molecular weight excluding hydrogens is 346 g/mol. The maximum Gasteiger partial charge on any atom is 0.163 e. The first-order valence-corrected chi connectivity index (χ1v) is 8.43. The first kappa shape index (κ1) is 17.0. The standard InChI is InChI=1S/C21H16F2N4/c1-12-8-17-19(10-15(12)16-9-14(22)5-6-18(16)23)26-20(27-21(17)24-2)13-4-3-7-25-11-13/h3-11H,1-2H3,(H,24,26,27). The summed E-state index contributed by atoms with van der Waals surface area (Å²) in [6.45, 7) is 1.85. The van der Waals surface area contributed by atoms with Crippen molar-refractivity contribution in [2.45, 2.75) is 6.92 Å². The molecule has 27 heavy (non-hydrogen) atoms. The number of hydrogen-bond donors (Lipinski definition) is 1.